The fraction of sp³-hybridized carbons (Fsp3) is 0.750. The van der Waals surface area contributed by atoms with Gasteiger partial charge >= 0.3 is 5.97 Å². The van der Waals surface area contributed by atoms with E-state index in [9.17, 15) is 9.59 Å². The molecule has 2 fully saturated rings. The normalized spacial score (nSPS) is 43.4. The van der Waals surface area contributed by atoms with Gasteiger partial charge in [0, 0.05) is 13.3 Å². The summed E-state index contributed by atoms with van der Waals surface area (Å²) >= 11 is 0. The van der Waals surface area contributed by atoms with Crippen molar-refractivity contribution in [2.75, 3.05) is 0 Å². The average molecular weight is 371 g/mol. The van der Waals surface area contributed by atoms with Gasteiger partial charge < -0.3 is 4.74 Å². The number of Topliss-reactive ketones (excluding diaryl/α,β-unsaturated/α-hetero) is 1. The average Bonchev–Trinajstić information content (AvgIpc) is 2.85. The molecule has 0 N–H and O–H groups in total. The summed E-state index contributed by atoms with van der Waals surface area (Å²) in [7, 11) is 0. The maximum absolute atomic E-state index is 12.4. The van der Waals surface area contributed by atoms with Gasteiger partial charge in [-0.2, -0.15) is 0 Å². The smallest absolute Gasteiger partial charge is 0.302 e. The van der Waals surface area contributed by atoms with E-state index in [1.807, 2.05) is 0 Å². The van der Waals surface area contributed by atoms with E-state index in [0.29, 0.717) is 17.8 Å². The van der Waals surface area contributed by atoms with Crippen LogP contribution in [0.5, 0.6) is 0 Å². The molecule has 148 valence electrons. The quantitative estimate of drug-likeness (QED) is 0.483. The third-order valence-electron chi connectivity index (χ3n) is 8.66. The van der Waals surface area contributed by atoms with Crippen molar-refractivity contribution in [2.45, 2.75) is 85.7 Å². The van der Waals surface area contributed by atoms with Crippen molar-refractivity contribution in [2.24, 2.45) is 28.6 Å². The van der Waals surface area contributed by atoms with Crippen molar-refractivity contribution in [1.82, 2.24) is 0 Å². The first-order valence-electron chi connectivity index (χ1n) is 10.7. The zero-order chi connectivity index (χ0) is 19.6. The highest BCUT2D eigenvalue weighted by Crippen LogP contribution is 2.66. The molecule has 27 heavy (non-hydrogen) atoms. The lowest BCUT2D eigenvalue weighted by Crippen LogP contribution is -2.50. The second-order valence-corrected chi connectivity index (χ2v) is 10.1. The van der Waals surface area contributed by atoms with Gasteiger partial charge in [0.15, 0.2) is 5.78 Å². The van der Waals surface area contributed by atoms with Gasteiger partial charge in [0.25, 0.3) is 0 Å². The van der Waals surface area contributed by atoms with Gasteiger partial charge in [-0.3, -0.25) is 9.59 Å². The molecule has 0 heterocycles. The van der Waals surface area contributed by atoms with E-state index in [-0.39, 0.29) is 28.7 Å². The SMILES string of the molecule is CC(=O)O[C@H]1CC[C@@]2(C)C(=CC[C@H]3[C@@H]2CC[C@]2(C)C(C(C)=O)=C(C)C[C@@H]32)C1. The number of rotatable bonds is 2. The van der Waals surface area contributed by atoms with Crippen LogP contribution in [0.3, 0.4) is 0 Å². The number of carbonyl (C=O) groups is 2. The molecule has 0 aromatic heterocycles. The summed E-state index contributed by atoms with van der Waals surface area (Å²) in [5, 5.41) is 0. The van der Waals surface area contributed by atoms with Crippen LogP contribution in [0.1, 0.15) is 79.6 Å². The molecule has 0 radical (unpaired) electrons. The van der Waals surface area contributed by atoms with Crippen LogP contribution in [0, 0.1) is 28.6 Å². The highest BCUT2D eigenvalue weighted by Gasteiger charge is 2.58. The van der Waals surface area contributed by atoms with Crippen LogP contribution >= 0.6 is 0 Å². The molecular weight excluding hydrogens is 336 g/mol. The van der Waals surface area contributed by atoms with Gasteiger partial charge in [-0.25, -0.2) is 0 Å². The number of allylic oxidation sites excluding steroid dienone is 3. The van der Waals surface area contributed by atoms with Crippen LogP contribution in [-0.4, -0.2) is 17.9 Å². The summed E-state index contributed by atoms with van der Waals surface area (Å²) in [6.07, 6.45) is 10.1. The Bertz CT molecular complexity index is 745. The highest BCUT2D eigenvalue weighted by atomic mass is 16.5. The van der Waals surface area contributed by atoms with Crippen molar-refractivity contribution >= 4 is 11.8 Å². The Hall–Kier alpha value is -1.38. The minimum absolute atomic E-state index is 0.0620. The summed E-state index contributed by atoms with van der Waals surface area (Å²) in [4.78, 5) is 23.8. The zero-order valence-corrected chi connectivity index (χ0v) is 17.6. The van der Waals surface area contributed by atoms with E-state index in [2.05, 4.69) is 26.8 Å². The summed E-state index contributed by atoms with van der Waals surface area (Å²) in [5.74, 6) is 2.12. The molecule has 0 saturated heterocycles. The molecule has 3 nitrogen and oxygen atoms in total. The third kappa shape index (κ3) is 2.76. The van der Waals surface area contributed by atoms with Crippen LogP contribution in [0.4, 0.5) is 0 Å². The molecule has 4 rings (SSSR count). The third-order valence-corrected chi connectivity index (χ3v) is 8.66. The Kier molecular flexibility index (Phi) is 4.44. The van der Waals surface area contributed by atoms with E-state index in [1.165, 1.54) is 24.5 Å². The largest absolute Gasteiger partial charge is 0.462 e. The van der Waals surface area contributed by atoms with E-state index < -0.39 is 0 Å². The first-order chi connectivity index (χ1) is 12.7. The molecule has 0 aliphatic heterocycles. The van der Waals surface area contributed by atoms with Gasteiger partial charge in [0.2, 0.25) is 0 Å². The molecule has 0 bridgehead atoms. The fourth-order valence-corrected chi connectivity index (χ4v) is 7.59. The molecule has 0 aromatic rings. The van der Waals surface area contributed by atoms with E-state index in [1.54, 1.807) is 6.92 Å². The summed E-state index contributed by atoms with van der Waals surface area (Å²) in [6.45, 7) is 10.3. The van der Waals surface area contributed by atoms with Gasteiger partial charge in [0.1, 0.15) is 6.10 Å². The molecular formula is C24H34O3. The molecule has 0 aromatic carbocycles. The van der Waals surface area contributed by atoms with Crippen LogP contribution in [-0.2, 0) is 14.3 Å². The van der Waals surface area contributed by atoms with Gasteiger partial charge in [-0.05, 0) is 86.5 Å². The first kappa shape index (κ1) is 19.0. The molecule has 3 heteroatoms. The lowest BCUT2D eigenvalue weighted by molar-refractivity contribution is -0.148. The summed E-state index contributed by atoms with van der Waals surface area (Å²) in [5.41, 5.74) is 4.33. The molecule has 6 atom stereocenters. The van der Waals surface area contributed by atoms with Crippen molar-refractivity contribution in [3.63, 3.8) is 0 Å². The predicted octanol–water partition coefficient (Wildman–Crippen LogP) is 5.40. The lowest BCUT2D eigenvalue weighted by atomic mass is 9.47. The van der Waals surface area contributed by atoms with Crippen LogP contribution in [0.15, 0.2) is 22.8 Å². The van der Waals surface area contributed by atoms with Crippen molar-refractivity contribution < 1.29 is 14.3 Å². The summed E-state index contributed by atoms with van der Waals surface area (Å²) < 4.78 is 5.54. The number of hydrogen-bond acceptors (Lipinski definition) is 3. The fourth-order valence-electron chi connectivity index (χ4n) is 7.59. The summed E-state index contributed by atoms with van der Waals surface area (Å²) in [6, 6.07) is 0. The van der Waals surface area contributed by atoms with E-state index in [0.717, 1.165) is 44.1 Å². The Labute approximate surface area is 163 Å². The zero-order valence-electron chi connectivity index (χ0n) is 17.6. The molecule has 2 saturated carbocycles. The van der Waals surface area contributed by atoms with E-state index in [4.69, 9.17) is 4.74 Å². The van der Waals surface area contributed by atoms with Crippen molar-refractivity contribution in [3.8, 4) is 0 Å². The molecule has 4 aliphatic rings. The van der Waals surface area contributed by atoms with Gasteiger partial charge in [-0.15, -0.1) is 0 Å². The highest BCUT2D eigenvalue weighted by molar-refractivity contribution is 5.96. The Morgan fingerprint density at radius 3 is 2.41 bits per heavy atom. The second kappa shape index (κ2) is 6.32. The van der Waals surface area contributed by atoms with Crippen LogP contribution < -0.4 is 0 Å². The maximum atomic E-state index is 12.4. The number of ketones is 1. The topological polar surface area (TPSA) is 43.4 Å². The van der Waals surface area contributed by atoms with E-state index >= 15 is 0 Å². The molecule has 0 unspecified atom stereocenters. The minimum Gasteiger partial charge on any atom is -0.462 e. The minimum atomic E-state index is -0.157. The molecule has 0 spiro atoms. The standard InChI is InChI=1S/C24H34O3/c1-14-12-21-19-7-6-17-13-18(27-16(3)26)8-10-23(17,4)20(19)9-11-24(21,5)22(14)15(2)25/h6,18-21H,7-13H2,1-5H3/t18-,19-,20-,21-,23-,24-/m0/s1. The predicted molar refractivity (Wildman–Crippen MR) is 106 cm³/mol. The number of ether oxygens (including phenoxy) is 1. The monoisotopic (exact) mass is 370 g/mol. The van der Waals surface area contributed by atoms with Crippen molar-refractivity contribution in [1.29, 1.82) is 0 Å². The first-order valence-corrected chi connectivity index (χ1v) is 10.7. The Morgan fingerprint density at radius 2 is 1.74 bits per heavy atom. The number of carbonyl (C=O) groups excluding carboxylic acids is 2. The van der Waals surface area contributed by atoms with Crippen molar-refractivity contribution in [3.05, 3.63) is 22.8 Å². The lowest BCUT2D eigenvalue weighted by Gasteiger charge is -2.57. The molecule has 0 amide bonds. The number of hydrogen-bond donors (Lipinski definition) is 0. The number of fused-ring (bicyclic) bond motifs is 5. The van der Waals surface area contributed by atoms with Gasteiger partial charge in [-0.1, -0.05) is 31.1 Å². The Balaban J connectivity index is 1.62. The van der Waals surface area contributed by atoms with Gasteiger partial charge in [0.05, 0.1) is 0 Å². The number of esters is 1. The molecule has 4 aliphatic carbocycles. The Morgan fingerprint density at radius 1 is 1.04 bits per heavy atom. The second-order valence-electron chi connectivity index (χ2n) is 10.1. The maximum Gasteiger partial charge on any atom is 0.302 e. The van der Waals surface area contributed by atoms with Crippen LogP contribution in [0.25, 0.3) is 0 Å². The van der Waals surface area contributed by atoms with Crippen LogP contribution in [0.2, 0.25) is 0 Å².